The van der Waals surface area contributed by atoms with Crippen LogP contribution in [0.1, 0.15) is 33.2 Å². The number of carboxylic acids is 1. The Morgan fingerprint density at radius 1 is 1.38 bits per heavy atom. The summed E-state index contributed by atoms with van der Waals surface area (Å²) in [6.07, 6.45) is 3.13. The summed E-state index contributed by atoms with van der Waals surface area (Å²) in [6.45, 7) is 1.73. The summed E-state index contributed by atoms with van der Waals surface area (Å²) in [5, 5.41) is 9.94. The molecule has 5 heteroatoms. The highest BCUT2D eigenvalue weighted by Gasteiger charge is 2.24. The molecule has 0 spiro atoms. The van der Waals surface area contributed by atoms with Crippen LogP contribution in [-0.4, -0.2) is 21.0 Å². The van der Waals surface area contributed by atoms with E-state index in [2.05, 4.69) is 9.97 Å². The molecule has 82 valence electrons. The van der Waals surface area contributed by atoms with Gasteiger partial charge in [0, 0.05) is 10.3 Å². The Hall–Kier alpha value is -1.49. The molecule has 0 radical (unpaired) electrons. The molecule has 0 aliphatic heterocycles. The van der Waals surface area contributed by atoms with E-state index >= 15 is 0 Å². The van der Waals surface area contributed by atoms with Crippen molar-refractivity contribution in [1.29, 1.82) is 0 Å². The second kappa shape index (κ2) is 3.25. The van der Waals surface area contributed by atoms with Gasteiger partial charge in [-0.3, -0.25) is 0 Å². The molecule has 1 aliphatic carbocycles. The van der Waals surface area contributed by atoms with Crippen molar-refractivity contribution in [2.75, 3.05) is 0 Å². The molecule has 2 aromatic rings. The third-order valence-electron chi connectivity index (χ3n) is 2.88. The fourth-order valence-corrected chi connectivity index (χ4v) is 3.56. The van der Waals surface area contributed by atoms with Crippen molar-refractivity contribution in [3.63, 3.8) is 0 Å². The number of aryl methyl sites for hydroxylation is 3. The minimum atomic E-state index is -0.956. The molecule has 1 aliphatic rings. The number of nitrogens with zero attached hydrogens (tertiary/aromatic N) is 2. The molecule has 16 heavy (non-hydrogen) atoms. The van der Waals surface area contributed by atoms with Gasteiger partial charge in [0.2, 0.25) is 0 Å². The molecule has 0 amide bonds. The number of hydrogen-bond acceptors (Lipinski definition) is 4. The van der Waals surface area contributed by atoms with Crippen LogP contribution >= 0.6 is 11.3 Å². The normalized spacial score (nSPS) is 14.3. The van der Waals surface area contributed by atoms with Crippen LogP contribution in [0.5, 0.6) is 0 Å². The van der Waals surface area contributed by atoms with Gasteiger partial charge in [0.15, 0.2) is 5.69 Å². The summed E-state index contributed by atoms with van der Waals surface area (Å²) in [6, 6.07) is 0. The van der Waals surface area contributed by atoms with Crippen LogP contribution in [0.4, 0.5) is 0 Å². The lowest BCUT2D eigenvalue weighted by Gasteiger charge is -2.00. The Bertz CT molecular complexity index is 604. The second-order valence-corrected chi connectivity index (χ2v) is 5.05. The van der Waals surface area contributed by atoms with Gasteiger partial charge in [-0.05, 0) is 31.7 Å². The van der Waals surface area contributed by atoms with Crippen LogP contribution < -0.4 is 0 Å². The SMILES string of the molecule is Cc1nc(C(=O)O)c2c3c(sc2n1)CCC3. The largest absolute Gasteiger partial charge is 0.476 e. The topological polar surface area (TPSA) is 63.1 Å². The summed E-state index contributed by atoms with van der Waals surface area (Å²) >= 11 is 1.62. The highest BCUT2D eigenvalue weighted by molar-refractivity contribution is 7.19. The molecule has 0 saturated carbocycles. The molecule has 1 N–H and O–H groups in total. The zero-order valence-corrected chi connectivity index (χ0v) is 9.60. The van der Waals surface area contributed by atoms with E-state index in [4.69, 9.17) is 0 Å². The summed E-state index contributed by atoms with van der Waals surface area (Å²) in [4.78, 5) is 21.7. The zero-order valence-electron chi connectivity index (χ0n) is 8.78. The zero-order chi connectivity index (χ0) is 11.3. The molecule has 2 aromatic heterocycles. The molecule has 0 bridgehead atoms. The van der Waals surface area contributed by atoms with Gasteiger partial charge in [-0.15, -0.1) is 11.3 Å². The quantitative estimate of drug-likeness (QED) is 0.821. The molecule has 0 fully saturated rings. The average molecular weight is 234 g/mol. The standard InChI is InChI=1S/C11H10N2O2S/c1-5-12-9(11(14)15)8-6-3-2-4-7(6)16-10(8)13-5/h2-4H2,1H3,(H,14,15). The van der Waals surface area contributed by atoms with Gasteiger partial charge < -0.3 is 5.11 Å². The average Bonchev–Trinajstić information content (AvgIpc) is 2.74. The van der Waals surface area contributed by atoms with E-state index in [0.29, 0.717) is 5.82 Å². The van der Waals surface area contributed by atoms with Crippen LogP contribution in [0.15, 0.2) is 0 Å². The molecule has 4 nitrogen and oxygen atoms in total. The van der Waals surface area contributed by atoms with Gasteiger partial charge in [-0.1, -0.05) is 0 Å². The van der Waals surface area contributed by atoms with E-state index in [1.165, 1.54) is 4.88 Å². The number of aromatic carboxylic acids is 1. The molecule has 0 atom stereocenters. The molecule has 0 aromatic carbocycles. The van der Waals surface area contributed by atoms with Crippen LogP contribution in [0, 0.1) is 6.92 Å². The van der Waals surface area contributed by atoms with Crippen molar-refractivity contribution in [3.8, 4) is 0 Å². The Labute approximate surface area is 96.0 Å². The molecule has 0 unspecified atom stereocenters. The lowest BCUT2D eigenvalue weighted by Crippen LogP contribution is -2.04. The number of aromatic nitrogens is 2. The van der Waals surface area contributed by atoms with Crippen molar-refractivity contribution < 1.29 is 9.90 Å². The van der Waals surface area contributed by atoms with Gasteiger partial charge in [-0.25, -0.2) is 14.8 Å². The smallest absolute Gasteiger partial charge is 0.355 e. The summed E-state index contributed by atoms with van der Waals surface area (Å²) in [5.74, 6) is -0.423. The first-order valence-corrected chi connectivity index (χ1v) is 6.00. The molecular formula is C11H10N2O2S. The van der Waals surface area contributed by atoms with E-state index < -0.39 is 5.97 Å². The van der Waals surface area contributed by atoms with Gasteiger partial charge in [0.25, 0.3) is 0 Å². The third kappa shape index (κ3) is 1.24. The van der Waals surface area contributed by atoms with Gasteiger partial charge in [0.1, 0.15) is 10.7 Å². The van der Waals surface area contributed by atoms with Gasteiger partial charge >= 0.3 is 5.97 Å². The van der Waals surface area contributed by atoms with Gasteiger partial charge in [0.05, 0.1) is 0 Å². The number of carbonyl (C=O) groups is 1. The maximum Gasteiger partial charge on any atom is 0.355 e. The van der Waals surface area contributed by atoms with E-state index in [9.17, 15) is 9.90 Å². The van der Waals surface area contributed by atoms with Crippen LogP contribution in [0.25, 0.3) is 10.2 Å². The van der Waals surface area contributed by atoms with Crippen molar-refractivity contribution in [1.82, 2.24) is 9.97 Å². The molecule has 2 heterocycles. The first-order valence-electron chi connectivity index (χ1n) is 5.19. The van der Waals surface area contributed by atoms with Crippen molar-refractivity contribution in [2.24, 2.45) is 0 Å². The predicted molar refractivity (Wildman–Crippen MR) is 61.1 cm³/mol. The maximum atomic E-state index is 11.2. The van der Waals surface area contributed by atoms with Crippen LogP contribution in [0.2, 0.25) is 0 Å². The molecular weight excluding hydrogens is 224 g/mol. The first-order chi connectivity index (χ1) is 7.66. The number of rotatable bonds is 1. The predicted octanol–water partition coefficient (Wildman–Crippen LogP) is 2.19. The Morgan fingerprint density at radius 2 is 2.19 bits per heavy atom. The van der Waals surface area contributed by atoms with Gasteiger partial charge in [-0.2, -0.15) is 0 Å². The third-order valence-corrected chi connectivity index (χ3v) is 4.06. The number of hydrogen-bond donors (Lipinski definition) is 1. The minimum Gasteiger partial charge on any atom is -0.476 e. The molecule has 3 rings (SSSR count). The second-order valence-electron chi connectivity index (χ2n) is 3.96. The first kappa shape index (κ1) is 9.72. The maximum absolute atomic E-state index is 11.2. The van der Waals surface area contributed by atoms with E-state index in [1.54, 1.807) is 18.3 Å². The highest BCUT2D eigenvalue weighted by atomic mass is 32.1. The summed E-state index contributed by atoms with van der Waals surface area (Å²) < 4.78 is 0. The summed E-state index contributed by atoms with van der Waals surface area (Å²) in [5.41, 5.74) is 1.33. The Balaban J connectivity index is 2.42. The van der Waals surface area contributed by atoms with E-state index in [0.717, 1.165) is 35.0 Å². The summed E-state index contributed by atoms with van der Waals surface area (Å²) in [7, 11) is 0. The minimum absolute atomic E-state index is 0.168. The number of carboxylic acid groups (broad SMARTS) is 1. The number of thiophene rings is 1. The highest BCUT2D eigenvalue weighted by Crippen LogP contribution is 2.37. The van der Waals surface area contributed by atoms with Crippen LogP contribution in [0.3, 0.4) is 0 Å². The fraction of sp³-hybridized carbons (Fsp3) is 0.364. The van der Waals surface area contributed by atoms with E-state index in [-0.39, 0.29) is 5.69 Å². The number of fused-ring (bicyclic) bond motifs is 3. The van der Waals surface area contributed by atoms with Crippen molar-refractivity contribution in [2.45, 2.75) is 26.2 Å². The Kier molecular flexibility index (Phi) is 1.97. The van der Waals surface area contributed by atoms with Crippen LogP contribution in [-0.2, 0) is 12.8 Å². The lowest BCUT2D eigenvalue weighted by molar-refractivity contribution is 0.0692. The Morgan fingerprint density at radius 3 is 2.94 bits per heavy atom. The van der Waals surface area contributed by atoms with Crippen molar-refractivity contribution >= 4 is 27.5 Å². The molecule has 0 saturated heterocycles. The van der Waals surface area contributed by atoms with Crippen molar-refractivity contribution in [3.05, 3.63) is 22.0 Å². The van der Waals surface area contributed by atoms with E-state index in [1.807, 2.05) is 0 Å². The fourth-order valence-electron chi connectivity index (χ4n) is 2.26. The lowest BCUT2D eigenvalue weighted by atomic mass is 10.1. The monoisotopic (exact) mass is 234 g/mol.